The summed E-state index contributed by atoms with van der Waals surface area (Å²) in [5.74, 6) is 0. The van der Waals surface area contributed by atoms with Gasteiger partial charge in [-0.05, 0) is 0 Å². The van der Waals surface area contributed by atoms with Crippen LogP contribution in [0.2, 0.25) is 26.2 Å². The van der Waals surface area contributed by atoms with E-state index in [1.54, 1.807) is 0 Å². The average Bonchev–Trinajstić information content (AvgIpc) is 1.31. The molecule has 0 saturated heterocycles. The summed E-state index contributed by atoms with van der Waals surface area (Å²) in [5, 5.41) is 0. The monoisotopic (exact) mass is 206 g/mol. The molecule has 0 aliphatic rings. The molecule has 0 fully saturated rings. The molecular weight excluding hydrogens is 195 g/mol. The Morgan fingerprint density at radius 2 is 1.43 bits per heavy atom. The number of rotatable bonds is 1. The fourth-order valence-corrected chi connectivity index (χ4v) is 0. The summed E-state index contributed by atoms with van der Waals surface area (Å²) in [5.41, 5.74) is 0. The van der Waals surface area contributed by atoms with Gasteiger partial charge in [-0.1, -0.05) is 0 Å². The molecule has 0 aromatic rings. The third-order valence-electron chi connectivity index (χ3n) is 1.12. The third-order valence-corrected chi connectivity index (χ3v) is 26.7. The summed E-state index contributed by atoms with van der Waals surface area (Å²) in [7, 11) is -0.593. The Bertz CT molecular complexity index is 82.2. The van der Waals surface area contributed by atoms with E-state index in [0.717, 1.165) is 0 Å². The predicted octanol–water partition coefficient (Wildman–Crippen LogP) is 1.57. The molecule has 0 spiro atoms. The van der Waals surface area contributed by atoms with Gasteiger partial charge in [0.2, 0.25) is 0 Å². The van der Waals surface area contributed by atoms with Gasteiger partial charge in [0, 0.05) is 0 Å². The zero-order valence-electron chi connectivity index (χ0n) is 5.50. The Balaban J connectivity index is 3.79. The topological polar surface area (TPSA) is 0 Å². The van der Waals surface area contributed by atoms with Gasteiger partial charge in [0.05, 0.1) is 0 Å². The minimum absolute atomic E-state index is 0.179. The maximum atomic E-state index is 2.47. The molecule has 0 radical (unpaired) electrons. The van der Waals surface area contributed by atoms with Crippen molar-refractivity contribution in [2.45, 2.75) is 26.2 Å². The molecule has 0 bridgehead atoms. The summed E-state index contributed by atoms with van der Waals surface area (Å²) >= 11 is 1.82. The van der Waals surface area contributed by atoms with Crippen LogP contribution in [0.25, 0.3) is 0 Å². The van der Waals surface area contributed by atoms with Gasteiger partial charge < -0.3 is 0 Å². The number of hydrogen-bond acceptors (Lipinski definition) is 0. The molecule has 0 atom stereocenters. The molecule has 0 heterocycles. The van der Waals surface area contributed by atoms with Gasteiger partial charge in [0.1, 0.15) is 0 Å². The Labute approximate surface area is 61.9 Å². The van der Waals surface area contributed by atoms with Gasteiger partial charge in [0.15, 0.2) is 0 Å². The quantitative estimate of drug-likeness (QED) is 0.573. The first-order chi connectivity index (χ1) is 2.94. The van der Waals surface area contributed by atoms with Crippen molar-refractivity contribution >= 4 is 12.5 Å². The van der Waals surface area contributed by atoms with Crippen LogP contribution in [0.5, 0.6) is 0 Å². The van der Waals surface area contributed by atoms with Crippen LogP contribution in [0.3, 0.4) is 0 Å². The zero-order chi connectivity index (χ0) is 6.08. The summed E-state index contributed by atoms with van der Waals surface area (Å²) < 4.78 is 0. The van der Waals surface area contributed by atoms with Crippen molar-refractivity contribution in [3.8, 4) is 0 Å². The van der Waals surface area contributed by atoms with Crippen LogP contribution in [0.1, 0.15) is 0 Å². The van der Waals surface area contributed by atoms with Crippen molar-refractivity contribution in [3.63, 3.8) is 0 Å². The molecule has 0 nitrogen and oxygen atoms in total. The van der Waals surface area contributed by atoms with Crippen LogP contribution in [0, 0.1) is 0 Å². The molecule has 0 unspecified atom stereocenters. The Morgan fingerprint density at radius 3 is 1.43 bits per heavy atom. The molecule has 0 amide bonds. The van der Waals surface area contributed by atoms with Crippen LogP contribution in [-0.4, -0.2) is 12.5 Å². The van der Waals surface area contributed by atoms with E-state index < -0.39 is 7.59 Å². The van der Waals surface area contributed by atoms with Gasteiger partial charge >= 0.3 is 62.1 Å². The van der Waals surface area contributed by atoms with E-state index in [1.165, 1.54) is 0 Å². The van der Waals surface area contributed by atoms with Crippen molar-refractivity contribution in [2.24, 2.45) is 0 Å². The van der Waals surface area contributed by atoms with E-state index in [9.17, 15) is 0 Å². The first kappa shape index (κ1) is 8.32. The van der Waals surface area contributed by atoms with E-state index in [4.69, 9.17) is 0 Å². The molecule has 0 aromatic heterocycles. The van der Waals surface area contributed by atoms with Crippen LogP contribution in [0.15, 0.2) is 0 Å². The molecule has 0 aliphatic carbocycles. The second-order valence-electron chi connectivity index (χ2n) is 2.88. The first-order valence-electron chi connectivity index (χ1n) is 2.50. The van der Waals surface area contributed by atoms with Gasteiger partial charge in [-0.2, -0.15) is 0 Å². The van der Waals surface area contributed by atoms with E-state index in [0.29, 0.717) is 0 Å². The molecule has 0 saturated carbocycles. The molecule has 0 N–H and O–H groups in total. The Morgan fingerprint density at radius 1 is 1.29 bits per heavy atom. The van der Waals surface area contributed by atoms with Gasteiger partial charge in [-0.3, -0.25) is 0 Å². The summed E-state index contributed by atoms with van der Waals surface area (Å²) in [6.07, 6.45) is 0. The van der Waals surface area contributed by atoms with E-state index >= 15 is 0 Å². The van der Waals surface area contributed by atoms with Crippen LogP contribution < -0.4 is 0 Å². The van der Waals surface area contributed by atoms with Gasteiger partial charge in [0.25, 0.3) is 0 Å². The van der Waals surface area contributed by atoms with Crippen molar-refractivity contribution in [2.75, 3.05) is 0 Å². The molecule has 7 heavy (non-hydrogen) atoms. The Hall–Kier alpha value is 1.32. The van der Waals surface area contributed by atoms with Crippen LogP contribution in [0.4, 0.5) is 0 Å². The molecular formula is C4H12Si2Zr+2. The molecule has 0 rings (SSSR count). The van der Waals surface area contributed by atoms with Crippen molar-refractivity contribution in [1.82, 2.24) is 0 Å². The zero-order valence-corrected chi connectivity index (χ0v) is 9.96. The van der Waals surface area contributed by atoms with E-state index in [-0.39, 0.29) is 4.95 Å². The molecule has 38 valence electrons. The second-order valence-corrected chi connectivity index (χ2v) is 24.6. The average molecular weight is 208 g/mol. The van der Waals surface area contributed by atoms with Gasteiger partial charge in [-0.25, -0.2) is 0 Å². The van der Waals surface area contributed by atoms with E-state index in [2.05, 4.69) is 26.2 Å². The first-order valence-corrected chi connectivity index (χ1v) is 12.7. The molecule has 3 heteroatoms. The Kier molecular flexibility index (Phi) is 3.26. The van der Waals surface area contributed by atoms with Crippen LogP contribution in [-0.2, 0) is 23.3 Å². The van der Waals surface area contributed by atoms with Gasteiger partial charge in [-0.15, -0.1) is 0 Å². The fraction of sp³-hybridized carbons (Fsp3) is 1.00. The second kappa shape index (κ2) is 2.74. The number of hydrogen-bond donors (Lipinski definition) is 0. The molecule has 0 aromatic carbocycles. The standard InChI is InChI=1S/C4H12Si2.Zr/c1-5-6(2,3)4;/h1-4H3;/q;+2. The third kappa shape index (κ3) is 3.86. The maximum absolute atomic E-state index is 2.47. The minimum atomic E-state index is -0.593. The van der Waals surface area contributed by atoms with Crippen molar-refractivity contribution < 1.29 is 23.3 Å². The fourth-order valence-electron chi connectivity index (χ4n) is 0. The summed E-state index contributed by atoms with van der Waals surface area (Å²) in [6, 6.07) is 0. The van der Waals surface area contributed by atoms with E-state index in [1.807, 2.05) is 23.3 Å². The van der Waals surface area contributed by atoms with Crippen molar-refractivity contribution in [1.29, 1.82) is 0 Å². The normalized spacial score (nSPS) is 11.7. The summed E-state index contributed by atoms with van der Waals surface area (Å²) in [6.45, 7) is 9.86. The predicted molar refractivity (Wildman–Crippen MR) is 35.0 cm³/mol. The summed E-state index contributed by atoms with van der Waals surface area (Å²) in [4.78, 5) is 0.179. The van der Waals surface area contributed by atoms with Crippen molar-refractivity contribution in [3.05, 3.63) is 0 Å². The molecule has 0 aliphatic heterocycles. The SMILES string of the molecule is C[Si](=[Zr+2])[Si](C)(C)C. The van der Waals surface area contributed by atoms with Crippen LogP contribution >= 0.6 is 0 Å².